The van der Waals surface area contributed by atoms with E-state index in [0.717, 1.165) is 18.5 Å². The first-order valence-corrected chi connectivity index (χ1v) is 6.57. The molecule has 0 bridgehead atoms. The van der Waals surface area contributed by atoms with Gasteiger partial charge in [0.25, 0.3) is 5.92 Å². The highest BCUT2D eigenvalue weighted by atomic mass is 19.3. The van der Waals surface area contributed by atoms with Gasteiger partial charge in [0.2, 0.25) is 5.88 Å². The summed E-state index contributed by atoms with van der Waals surface area (Å²) >= 11 is 0. The second-order valence-corrected chi connectivity index (χ2v) is 4.89. The van der Waals surface area contributed by atoms with Crippen molar-refractivity contribution in [2.24, 2.45) is 0 Å². The number of hydrogen-bond acceptors (Lipinski definition) is 5. The zero-order valence-electron chi connectivity index (χ0n) is 12.0. The predicted molar refractivity (Wildman–Crippen MR) is 74.1 cm³/mol. The maximum Gasteiger partial charge on any atom is 0.417 e. The van der Waals surface area contributed by atoms with E-state index in [1.165, 1.54) is 6.07 Å². The van der Waals surface area contributed by atoms with Gasteiger partial charge in [-0.2, -0.15) is 8.78 Å². The Labute approximate surface area is 131 Å². The first kappa shape index (κ1) is 16.0. The van der Waals surface area contributed by atoms with E-state index in [-0.39, 0.29) is 22.4 Å². The van der Waals surface area contributed by atoms with Gasteiger partial charge < -0.3 is 9.15 Å². The molecule has 0 aliphatic carbocycles. The van der Waals surface area contributed by atoms with E-state index in [1.54, 1.807) is 0 Å². The molecule has 126 valence electrons. The highest BCUT2D eigenvalue weighted by Gasteiger charge is 2.29. The van der Waals surface area contributed by atoms with Crippen LogP contribution in [0.4, 0.5) is 17.6 Å². The number of fused-ring (bicyclic) bond motifs is 1. The van der Waals surface area contributed by atoms with Crippen molar-refractivity contribution in [2.75, 3.05) is 0 Å². The Hall–Kier alpha value is -2.91. The van der Waals surface area contributed by atoms with E-state index in [9.17, 15) is 22.4 Å². The number of hydrogen-bond donors (Lipinski definition) is 1. The molecule has 0 unspecified atom stereocenters. The number of aromatic nitrogens is 3. The van der Waals surface area contributed by atoms with Gasteiger partial charge in [-0.3, -0.25) is 4.98 Å². The fraction of sp³-hybridized carbons (Fsp3) is 0.214. The molecule has 0 amide bonds. The van der Waals surface area contributed by atoms with E-state index in [2.05, 4.69) is 19.7 Å². The number of alkyl halides is 4. The summed E-state index contributed by atoms with van der Waals surface area (Å²) in [5, 5.41) is 0. The molecule has 0 atom stereocenters. The molecule has 2 heterocycles. The molecule has 3 rings (SSSR count). The van der Waals surface area contributed by atoms with Crippen molar-refractivity contribution < 1.29 is 26.7 Å². The predicted octanol–water partition coefficient (Wildman–Crippen LogP) is 3.29. The first-order chi connectivity index (χ1) is 11.3. The number of oxazole rings is 1. The highest BCUT2D eigenvalue weighted by molar-refractivity contribution is 5.91. The number of nitrogens with one attached hydrogen (secondary N) is 1. The molecule has 1 N–H and O–H groups in total. The Morgan fingerprint density at radius 3 is 2.58 bits per heavy atom. The summed E-state index contributed by atoms with van der Waals surface area (Å²) in [6.07, 6.45) is 2.05. The average Bonchev–Trinajstić information content (AvgIpc) is 2.86. The molecule has 0 aliphatic heterocycles. The van der Waals surface area contributed by atoms with Gasteiger partial charge in [0.15, 0.2) is 5.58 Å². The molecule has 0 fully saturated rings. The van der Waals surface area contributed by atoms with Gasteiger partial charge in [0.1, 0.15) is 0 Å². The average molecular weight is 343 g/mol. The smallest absolute Gasteiger partial charge is 0.415 e. The summed E-state index contributed by atoms with van der Waals surface area (Å²) in [6, 6.07) is 2.40. The number of rotatable bonds is 4. The number of aromatic amines is 1. The minimum absolute atomic E-state index is 0.129. The largest absolute Gasteiger partial charge is 0.417 e. The van der Waals surface area contributed by atoms with Crippen LogP contribution >= 0.6 is 0 Å². The third kappa shape index (κ3) is 2.94. The second kappa shape index (κ2) is 5.62. The zero-order valence-corrected chi connectivity index (χ0v) is 12.0. The number of benzene rings is 1. The number of ether oxygens (including phenoxy) is 1. The fourth-order valence-corrected chi connectivity index (χ4v) is 2.21. The molecule has 6 nitrogen and oxygen atoms in total. The molecule has 2 aromatic heterocycles. The van der Waals surface area contributed by atoms with E-state index in [1.807, 2.05) is 0 Å². The second-order valence-electron chi connectivity index (χ2n) is 4.89. The molecular weight excluding hydrogens is 334 g/mol. The standard InChI is InChI=1S/C14H9F4N3O3/c1-14(17,18)7-3-2-6(11-10(7)21-13(22)24-11)8-4-20-9(5-19-8)23-12(15)16/h2-5,12H,1H3,(H,21,22). The first-order valence-electron chi connectivity index (χ1n) is 6.57. The summed E-state index contributed by atoms with van der Waals surface area (Å²) in [5.41, 5.74) is -0.379. The molecule has 0 aliphatic rings. The van der Waals surface area contributed by atoms with Crippen LogP contribution < -0.4 is 10.5 Å². The molecule has 24 heavy (non-hydrogen) atoms. The maximum atomic E-state index is 13.6. The van der Waals surface area contributed by atoms with Crippen LogP contribution in [0.15, 0.2) is 33.7 Å². The third-order valence-corrected chi connectivity index (χ3v) is 3.17. The topological polar surface area (TPSA) is 81.0 Å². The molecule has 1 aromatic carbocycles. The number of H-pyrrole nitrogens is 1. The summed E-state index contributed by atoms with van der Waals surface area (Å²) in [6.45, 7) is -2.37. The van der Waals surface area contributed by atoms with Gasteiger partial charge in [-0.05, 0) is 6.07 Å². The number of nitrogens with zero attached hydrogens (tertiary/aromatic N) is 2. The minimum atomic E-state index is -3.20. The van der Waals surface area contributed by atoms with Gasteiger partial charge in [-0.1, -0.05) is 6.07 Å². The fourth-order valence-electron chi connectivity index (χ4n) is 2.21. The molecule has 10 heteroatoms. The molecule has 0 spiro atoms. The zero-order chi connectivity index (χ0) is 17.5. The van der Waals surface area contributed by atoms with Crippen molar-refractivity contribution in [2.45, 2.75) is 19.5 Å². The van der Waals surface area contributed by atoms with Crippen molar-refractivity contribution in [3.8, 4) is 17.1 Å². The van der Waals surface area contributed by atoms with Crippen molar-refractivity contribution in [1.29, 1.82) is 0 Å². The van der Waals surface area contributed by atoms with Crippen LogP contribution in [0, 0.1) is 0 Å². The van der Waals surface area contributed by atoms with Crippen LogP contribution in [-0.4, -0.2) is 21.6 Å². The lowest BCUT2D eigenvalue weighted by Gasteiger charge is -2.12. The Morgan fingerprint density at radius 1 is 1.25 bits per heavy atom. The van der Waals surface area contributed by atoms with Crippen molar-refractivity contribution >= 4 is 11.1 Å². The Balaban J connectivity index is 2.12. The van der Waals surface area contributed by atoms with E-state index < -0.39 is 29.7 Å². The van der Waals surface area contributed by atoms with Gasteiger partial charge >= 0.3 is 12.4 Å². The molecule has 0 radical (unpaired) electrons. The van der Waals surface area contributed by atoms with Crippen LogP contribution in [0.5, 0.6) is 5.88 Å². The van der Waals surface area contributed by atoms with Gasteiger partial charge in [-0.25, -0.2) is 23.5 Å². The lowest BCUT2D eigenvalue weighted by molar-refractivity contribution is -0.0531. The quantitative estimate of drug-likeness (QED) is 0.735. The van der Waals surface area contributed by atoms with Crippen molar-refractivity contribution in [3.05, 3.63) is 40.6 Å². The van der Waals surface area contributed by atoms with Crippen LogP contribution in [0.1, 0.15) is 12.5 Å². The normalized spacial score (nSPS) is 12.1. The van der Waals surface area contributed by atoms with E-state index in [4.69, 9.17) is 4.42 Å². The highest BCUT2D eigenvalue weighted by Crippen LogP contribution is 2.36. The Bertz CT molecular complexity index is 929. The molecule has 3 aromatic rings. The Kier molecular flexibility index (Phi) is 3.74. The summed E-state index contributed by atoms with van der Waals surface area (Å²) in [7, 11) is 0. The molecular formula is C14H9F4N3O3. The van der Waals surface area contributed by atoms with Crippen LogP contribution in [-0.2, 0) is 5.92 Å². The Morgan fingerprint density at radius 2 is 2.00 bits per heavy atom. The molecule has 0 saturated carbocycles. The van der Waals surface area contributed by atoms with Gasteiger partial charge in [0, 0.05) is 18.1 Å². The number of halogens is 4. The summed E-state index contributed by atoms with van der Waals surface area (Å²) in [5.74, 6) is -4.52. The SMILES string of the molecule is CC(F)(F)c1ccc(-c2cnc(OC(F)F)cn2)c2oc(=O)[nH]c12. The lowest BCUT2D eigenvalue weighted by Crippen LogP contribution is -2.08. The molecule has 0 saturated heterocycles. The van der Waals surface area contributed by atoms with E-state index >= 15 is 0 Å². The van der Waals surface area contributed by atoms with E-state index in [0.29, 0.717) is 6.92 Å². The van der Waals surface area contributed by atoms with Crippen LogP contribution in [0.25, 0.3) is 22.4 Å². The lowest BCUT2D eigenvalue weighted by atomic mass is 10.0. The van der Waals surface area contributed by atoms with Gasteiger partial charge in [0.05, 0.1) is 23.6 Å². The van der Waals surface area contributed by atoms with Crippen LogP contribution in [0.3, 0.4) is 0 Å². The van der Waals surface area contributed by atoms with Gasteiger partial charge in [-0.15, -0.1) is 0 Å². The van der Waals surface area contributed by atoms with Crippen molar-refractivity contribution in [3.63, 3.8) is 0 Å². The third-order valence-electron chi connectivity index (χ3n) is 3.17. The maximum absolute atomic E-state index is 13.6. The summed E-state index contributed by atoms with van der Waals surface area (Å²) < 4.78 is 60.4. The van der Waals surface area contributed by atoms with Crippen LogP contribution in [0.2, 0.25) is 0 Å². The summed E-state index contributed by atoms with van der Waals surface area (Å²) in [4.78, 5) is 21.1. The van der Waals surface area contributed by atoms with Crippen molar-refractivity contribution in [1.82, 2.24) is 15.0 Å². The monoisotopic (exact) mass is 343 g/mol. The minimum Gasteiger partial charge on any atom is -0.415 e.